The quantitative estimate of drug-likeness (QED) is 0.869. The van der Waals surface area contributed by atoms with E-state index in [2.05, 4.69) is 0 Å². The van der Waals surface area contributed by atoms with Gasteiger partial charge < -0.3 is 5.11 Å². The van der Waals surface area contributed by atoms with Crippen molar-refractivity contribution in [1.29, 1.82) is 0 Å². The largest absolute Gasteiger partial charge is 0.480 e. The van der Waals surface area contributed by atoms with Gasteiger partial charge in [0.15, 0.2) is 0 Å². The number of aryl methyl sites for hydroxylation is 1. The molecule has 1 atom stereocenters. The van der Waals surface area contributed by atoms with E-state index in [9.17, 15) is 9.90 Å². The molecule has 1 N–H and O–H groups in total. The molecule has 0 amide bonds. The van der Waals surface area contributed by atoms with Gasteiger partial charge >= 0.3 is 5.97 Å². The van der Waals surface area contributed by atoms with Crippen molar-refractivity contribution < 1.29 is 9.90 Å². The number of benzene rings is 1. The van der Waals surface area contributed by atoms with Crippen LogP contribution in [0.3, 0.4) is 0 Å². The second-order valence-corrected chi connectivity index (χ2v) is 5.29. The molecule has 0 aromatic heterocycles. The standard InChI is InChI=1S/C15H21NO2/c1-11-6-8-12(9-7-11)10-14(15(17)18)16(2)13-4-3-5-13/h6-9,13-14H,3-5,10H2,1-2H3,(H,17,18)/t14-/m0/s1. The average Bonchev–Trinajstić information content (AvgIpc) is 2.25. The lowest BCUT2D eigenvalue weighted by Gasteiger charge is -2.38. The van der Waals surface area contributed by atoms with Crippen molar-refractivity contribution in [2.24, 2.45) is 0 Å². The van der Waals surface area contributed by atoms with Gasteiger partial charge in [-0.25, -0.2) is 0 Å². The lowest BCUT2D eigenvalue weighted by molar-refractivity contribution is -0.144. The molecule has 0 spiro atoms. The van der Waals surface area contributed by atoms with Crippen LogP contribution in [0, 0.1) is 6.92 Å². The Morgan fingerprint density at radius 1 is 1.39 bits per heavy atom. The Morgan fingerprint density at radius 3 is 2.44 bits per heavy atom. The van der Waals surface area contributed by atoms with Crippen molar-refractivity contribution in [2.45, 2.75) is 44.7 Å². The molecule has 1 saturated carbocycles. The highest BCUT2D eigenvalue weighted by Gasteiger charge is 2.31. The summed E-state index contributed by atoms with van der Waals surface area (Å²) in [6.45, 7) is 2.04. The lowest BCUT2D eigenvalue weighted by Crippen LogP contribution is -2.48. The maximum atomic E-state index is 11.4. The summed E-state index contributed by atoms with van der Waals surface area (Å²) in [6, 6.07) is 8.18. The minimum absolute atomic E-state index is 0.405. The zero-order chi connectivity index (χ0) is 13.1. The van der Waals surface area contributed by atoms with Gasteiger partial charge in [0.1, 0.15) is 6.04 Å². The van der Waals surface area contributed by atoms with Crippen molar-refractivity contribution in [3.63, 3.8) is 0 Å². The van der Waals surface area contributed by atoms with Crippen molar-refractivity contribution in [1.82, 2.24) is 4.90 Å². The molecule has 1 aliphatic carbocycles. The third-order valence-electron chi connectivity index (χ3n) is 3.98. The molecule has 1 fully saturated rings. The average molecular weight is 247 g/mol. The number of rotatable bonds is 5. The number of nitrogens with zero attached hydrogens (tertiary/aromatic N) is 1. The van der Waals surface area contributed by atoms with Gasteiger partial charge in [-0.3, -0.25) is 9.69 Å². The molecule has 0 heterocycles. The summed E-state index contributed by atoms with van der Waals surface area (Å²) in [7, 11) is 1.94. The number of aliphatic carboxylic acids is 1. The maximum Gasteiger partial charge on any atom is 0.321 e. The summed E-state index contributed by atoms with van der Waals surface area (Å²) < 4.78 is 0. The van der Waals surface area contributed by atoms with Crippen LogP contribution in [0.2, 0.25) is 0 Å². The van der Waals surface area contributed by atoms with Crippen LogP contribution in [0.25, 0.3) is 0 Å². The number of carboxylic acids is 1. The van der Waals surface area contributed by atoms with Gasteiger partial charge in [-0.05, 0) is 38.8 Å². The van der Waals surface area contributed by atoms with Gasteiger partial charge in [0.05, 0.1) is 0 Å². The van der Waals surface area contributed by atoms with Crippen LogP contribution in [-0.2, 0) is 11.2 Å². The van der Waals surface area contributed by atoms with Crippen LogP contribution in [0.5, 0.6) is 0 Å². The second-order valence-electron chi connectivity index (χ2n) is 5.29. The molecule has 0 aliphatic heterocycles. The van der Waals surface area contributed by atoms with Crippen LogP contribution in [0.1, 0.15) is 30.4 Å². The Balaban J connectivity index is 2.05. The molecule has 1 aromatic rings. The maximum absolute atomic E-state index is 11.4. The molecule has 98 valence electrons. The van der Waals surface area contributed by atoms with Gasteiger partial charge in [-0.1, -0.05) is 36.2 Å². The summed E-state index contributed by atoms with van der Waals surface area (Å²) in [6.07, 6.45) is 4.08. The third kappa shape index (κ3) is 2.91. The van der Waals surface area contributed by atoms with Gasteiger partial charge in [-0.15, -0.1) is 0 Å². The Morgan fingerprint density at radius 2 is 2.00 bits per heavy atom. The third-order valence-corrected chi connectivity index (χ3v) is 3.98. The normalized spacial score (nSPS) is 17.5. The number of carboxylic acid groups (broad SMARTS) is 1. The van der Waals surface area contributed by atoms with Crippen LogP contribution < -0.4 is 0 Å². The smallest absolute Gasteiger partial charge is 0.321 e. The Labute approximate surface area is 108 Å². The fourth-order valence-electron chi connectivity index (χ4n) is 2.40. The van der Waals surface area contributed by atoms with E-state index in [1.54, 1.807) is 0 Å². The van der Waals surface area contributed by atoms with E-state index in [1.807, 2.05) is 43.1 Å². The molecular formula is C15H21NO2. The molecular weight excluding hydrogens is 226 g/mol. The summed E-state index contributed by atoms with van der Waals surface area (Å²) in [4.78, 5) is 13.4. The van der Waals surface area contributed by atoms with Crippen molar-refractivity contribution in [3.8, 4) is 0 Å². The molecule has 3 nitrogen and oxygen atoms in total. The predicted octanol–water partition coefficient (Wildman–Crippen LogP) is 2.48. The highest BCUT2D eigenvalue weighted by atomic mass is 16.4. The number of hydrogen-bond donors (Lipinski definition) is 1. The highest BCUT2D eigenvalue weighted by Crippen LogP contribution is 2.26. The first kappa shape index (κ1) is 13.1. The highest BCUT2D eigenvalue weighted by molar-refractivity contribution is 5.74. The van der Waals surface area contributed by atoms with Gasteiger partial charge in [0.25, 0.3) is 0 Å². The zero-order valence-electron chi connectivity index (χ0n) is 11.1. The topological polar surface area (TPSA) is 40.5 Å². The molecule has 1 aromatic carbocycles. The monoisotopic (exact) mass is 247 g/mol. The first-order valence-corrected chi connectivity index (χ1v) is 6.58. The second kappa shape index (κ2) is 5.53. The minimum Gasteiger partial charge on any atom is -0.480 e. The van der Waals surface area contributed by atoms with E-state index in [1.165, 1.54) is 12.0 Å². The van der Waals surface area contributed by atoms with E-state index in [4.69, 9.17) is 0 Å². The van der Waals surface area contributed by atoms with Crippen LogP contribution in [0.4, 0.5) is 0 Å². The number of carbonyl (C=O) groups is 1. The number of likely N-dealkylation sites (N-methyl/N-ethyl adjacent to an activating group) is 1. The summed E-state index contributed by atoms with van der Waals surface area (Å²) in [5.74, 6) is -0.718. The molecule has 0 bridgehead atoms. The van der Waals surface area contributed by atoms with Crippen LogP contribution in [0.15, 0.2) is 24.3 Å². The van der Waals surface area contributed by atoms with Gasteiger partial charge in [0.2, 0.25) is 0 Å². The van der Waals surface area contributed by atoms with Crippen LogP contribution in [-0.4, -0.2) is 35.1 Å². The zero-order valence-corrected chi connectivity index (χ0v) is 11.1. The summed E-state index contributed by atoms with van der Waals surface area (Å²) in [5, 5.41) is 9.39. The molecule has 0 unspecified atom stereocenters. The van der Waals surface area contributed by atoms with E-state index < -0.39 is 12.0 Å². The Bertz CT molecular complexity index is 409. The van der Waals surface area contributed by atoms with Crippen LogP contribution >= 0.6 is 0 Å². The van der Waals surface area contributed by atoms with E-state index in [0.717, 1.165) is 18.4 Å². The van der Waals surface area contributed by atoms with Crippen molar-refractivity contribution in [3.05, 3.63) is 35.4 Å². The fraction of sp³-hybridized carbons (Fsp3) is 0.533. The Kier molecular flexibility index (Phi) is 4.02. The summed E-state index contributed by atoms with van der Waals surface area (Å²) >= 11 is 0. The minimum atomic E-state index is -0.718. The Hall–Kier alpha value is -1.35. The van der Waals surface area contributed by atoms with E-state index in [0.29, 0.717) is 12.5 Å². The molecule has 0 radical (unpaired) electrons. The van der Waals surface area contributed by atoms with E-state index in [-0.39, 0.29) is 0 Å². The SMILES string of the molecule is Cc1ccc(C[C@@H](C(=O)O)N(C)C2CCC2)cc1. The lowest BCUT2D eigenvalue weighted by atomic mass is 9.90. The van der Waals surface area contributed by atoms with Gasteiger partial charge in [0, 0.05) is 6.04 Å². The molecule has 0 saturated heterocycles. The van der Waals surface area contributed by atoms with E-state index >= 15 is 0 Å². The fourth-order valence-corrected chi connectivity index (χ4v) is 2.40. The first-order valence-electron chi connectivity index (χ1n) is 6.58. The van der Waals surface area contributed by atoms with Crippen molar-refractivity contribution in [2.75, 3.05) is 7.05 Å². The molecule has 18 heavy (non-hydrogen) atoms. The number of hydrogen-bond acceptors (Lipinski definition) is 2. The first-order chi connectivity index (χ1) is 8.58. The predicted molar refractivity (Wildman–Crippen MR) is 71.7 cm³/mol. The molecule has 1 aliphatic rings. The summed E-state index contributed by atoms with van der Waals surface area (Å²) in [5.41, 5.74) is 2.30. The molecule has 2 rings (SSSR count). The van der Waals surface area contributed by atoms with Gasteiger partial charge in [-0.2, -0.15) is 0 Å². The molecule has 3 heteroatoms. The van der Waals surface area contributed by atoms with Crippen molar-refractivity contribution >= 4 is 5.97 Å².